The molecule has 0 aromatic heterocycles. The molecule has 186 valence electrons. The van der Waals surface area contributed by atoms with Gasteiger partial charge in [0.05, 0.1) is 11.1 Å². The molecular formula is C30H42O4. The molecule has 0 amide bonds. The van der Waals surface area contributed by atoms with E-state index in [1.807, 2.05) is 6.07 Å². The number of hydrogen-bond donors (Lipinski definition) is 1. The minimum atomic E-state index is -1.09. The number of hydrogen-bond acceptors (Lipinski definition) is 3. The molecule has 2 aromatic rings. The number of unbranched alkanes of at least 4 members (excludes halogenated alkanes) is 10. The third-order valence-electron chi connectivity index (χ3n) is 6.34. The van der Waals surface area contributed by atoms with Crippen molar-refractivity contribution in [1.29, 1.82) is 0 Å². The lowest BCUT2D eigenvalue weighted by Gasteiger charge is -2.15. The highest BCUT2D eigenvalue weighted by Crippen LogP contribution is 2.24. The third kappa shape index (κ3) is 9.70. The Morgan fingerprint density at radius 1 is 0.676 bits per heavy atom. The van der Waals surface area contributed by atoms with E-state index in [0.29, 0.717) is 5.75 Å². The second-order valence-electron chi connectivity index (χ2n) is 9.21. The molecule has 0 aliphatic rings. The fraction of sp³-hybridized carbons (Fsp3) is 0.533. The Morgan fingerprint density at radius 3 is 1.65 bits per heavy atom. The summed E-state index contributed by atoms with van der Waals surface area (Å²) in [5.41, 5.74) is 2.34. The predicted octanol–water partition coefficient (Wildman–Crippen LogP) is 8.41. The molecule has 4 heteroatoms. The zero-order valence-electron chi connectivity index (χ0n) is 21.1. The van der Waals surface area contributed by atoms with Gasteiger partial charge in [0.1, 0.15) is 5.75 Å². The highest BCUT2D eigenvalue weighted by Gasteiger charge is 2.21. The molecule has 2 rings (SSSR count). The molecule has 0 fully saturated rings. The highest BCUT2D eigenvalue weighted by atomic mass is 16.5. The summed E-state index contributed by atoms with van der Waals surface area (Å²) in [5, 5.41) is 9.85. The van der Waals surface area contributed by atoms with Gasteiger partial charge in [0.15, 0.2) is 0 Å². The van der Waals surface area contributed by atoms with E-state index < -0.39 is 11.9 Å². The summed E-state index contributed by atoms with van der Waals surface area (Å²) in [6.45, 7) is 4.43. The molecule has 34 heavy (non-hydrogen) atoms. The number of aromatic carboxylic acids is 1. The molecule has 0 spiro atoms. The maximum Gasteiger partial charge on any atom is 0.344 e. The molecule has 0 heterocycles. The molecule has 2 aromatic carbocycles. The molecule has 0 atom stereocenters. The van der Waals surface area contributed by atoms with Crippen molar-refractivity contribution in [1.82, 2.24) is 0 Å². The van der Waals surface area contributed by atoms with Gasteiger partial charge < -0.3 is 9.84 Å². The number of ether oxygens (including phenoxy) is 1. The first-order chi connectivity index (χ1) is 16.6. The average Bonchev–Trinajstić information content (AvgIpc) is 2.84. The summed E-state index contributed by atoms with van der Waals surface area (Å²) in [5.74, 6) is -1.29. The number of para-hydroxylation sites is 1. The number of esters is 1. The van der Waals surface area contributed by atoms with E-state index in [1.54, 1.807) is 36.4 Å². The van der Waals surface area contributed by atoms with E-state index in [-0.39, 0.29) is 11.1 Å². The monoisotopic (exact) mass is 466 g/mol. The van der Waals surface area contributed by atoms with Crippen molar-refractivity contribution < 1.29 is 19.4 Å². The molecule has 0 aliphatic heterocycles. The number of carbonyl (C=O) groups is 2. The van der Waals surface area contributed by atoms with Crippen LogP contribution in [0.25, 0.3) is 0 Å². The van der Waals surface area contributed by atoms with Crippen LogP contribution in [0, 0.1) is 0 Å². The quantitative estimate of drug-likeness (QED) is 0.144. The molecule has 0 radical (unpaired) electrons. The molecule has 0 aliphatic carbocycles. The van der Waals surface area contributed by atoms with Crippen LogP contribution < -0.4 is 4.74 Å². The fourth-order valence-electron chi connectivity index (χ4n) is 4.34. The Kier molecular flexibility index (Phi) is 13.1. The van der Waals surface area contributed by atoms with Gasteiger partial charge in [-0.15, -0.1) is 0 Å². The van der Waals surface area contributed by atoms with Crippen molar-refractivity contribution in [3.05, 3.63) is 64.7 Å². The summed E-state index contributed by atoms with van der Waals surface area (Å²) in [7, 11) is 0. The highest BCUT2D eigenvalue weighted by molar-refractivity contribution is 6.03. The van der Waals surface area contributed by atoms with Crippen LogP contribution in [-0.2, 0) is 12.8 Å². The van der Waals surface area contributed by atoms with E-state index in [2.05, 4.69) is 13.8 Å². The third-order valence-corrected chi connectivity index (χ3v) is 6.34. The van der Waals surface area contributed by atoms with Gasteiger partial charge in [-0.05, 0) is 61.1 Å². The average molecular weight is 467 g/mol. The number of carboxylic acids is 1. The molecule has 0 bridgehead atoms. The van der Waals surface area contributed by atoms with Crippen molar-refractivity contribution in [2.24, 2.45) is 0 Å². The lowest BCUT2D eigenvalue weighted by molar-refractivity contribution is 0.0667. The van der Waals surface area contributed by atoms with E-state index in [9.17, 15) is 14.7 Å². The number of rotatable bonds is 17. The Morgan fingerprint density at radius 2 is 1.15 bits per heavy atom. The van der Waals surface area contributed by atoms with Gasteiger partial charge in [-0.1, -0.05) is 96.3 Å². The number of carboxylic acid groups (broad SMARTS) is 1. The maximum absolute atomic E-state index is 12.9. The van der Waals surface area contributed by atoms with Crippen LogP contribution >= 0.6 is 0 Å². The van der Waals surface area contributed by atoms with E-state index in [4.69, 9.17) is 4.74 Å². The zero-order valence-corrected chi connectivity index (χ0v) is 21.1. The SMILES string of the molecule is CCCCCCCCc1cc(C(=O)O)c(C(=O)Oc2ccccc2)cc1CCCCCCCC. The normalized spacial score (nSPS) is 10.9. The maximum atomic E-state index is 12.9. The minimum absolute atomic E-state index is 0.0357. The van der Waals surface area contributed by atoms with Crippen LogP contribution in [0.3, 0.4) is 0 Å². The summed E-state index contributed by atoms with van der Waals surface area (Å²) in [6.07, 6.45) is 16.1. The van der Waals surface area contributed by atoms with Gasteiger partial charge in [0.25, 0.3) is 0 Å². The van der Waals surface area contributed by atoms with Gasteiger partial charge in [0, 0.05) is 0 Å². The van der Waals surface area contributed by atoms with Gasteiger partial charge in [0.2, 0.25) is 0 Å². The molecule has 0 unspecified atom stereocenters. The van der Waals surface area contributed by atoms with Crippen molar-refractivity contribution in [3.63, 3.8) is 0 Å². The molecule has 0 saturated heterocycles. The van der Waals surface area contributed by atoms with Crippen molar-refractivity contribution in [2.45, 2.75) is 104 Å². The van der Waals surface area contributed by atoms with Gasteiger partial charge in [-0.2, -0.15) is 0 Å². The molecule has 1 N–H and O–H groups in total. The first-order valence-corrected chi connectivity index (χ1v) is 13.2. The Bertz CT molecular complexity index is 873. The zero-order chi connectivity index (χ0) is 24.6. The summed E-state index contributed by atoms with van der Waals surface area (Å²) in [6, 6.07) is 12.3. The van der Waals surface area contributed by atoms with Gasteiger partial charge >= 0.3 is 11.9 Å². The number of benzene rings is 2. The minimum Gasteiger partial charge on any atom is -0.478 e. The molecule has 0 saturated carbocycles. The first-order valence-electron chi connectivity index (χ1n) is 13.2. The number of carbonyl (C=O) groups excluding carboxylic acids is 1. The molecule has 4 nitrogen and oxygen atoms in total. The smallest absolute Gasteiger partial charge is 0.344 e. The summed E-state index contributed by atoms with van der Waals surface area (Å²) >= 11 is 0. The Hall–Kier alpha value is -2.62. The van der Waals surface area contributed by atoms with Gasteiger partial charge in [-0.25, -0.2) is 9.59 Å². The second kappa shape index (κ2) is 16.1. The van der Waals surface area contributed by atoms with Crippen LogP contribution in [0.4, 0.5) is 0 Å². The fourth-order valence-corrected chi connectivity index (χ4v) is 4.34. The second-order valence-corrected chi connectivity index (χ2v) is 9.21. The summed E-state index contributed by atoms with van der Waals surface area (Å²) < 4.78 is 5.49. The Labute approximate surface area is 205 Å². The number of aryl methyl sites for hydroxylation is 2. The van der Waals surface area contributed by atoms with Crippen LogP contribution in [0.15, 0.2) is 42.5 Å². The van der Waals surface area contributed by atoms with Crippen LogP contribution in [0.1, 0.15) is 123 Å². The largest absolute Gasteiger partial charge is 0.478 e. The van der Waals surface area contributed by atoms with Crippen LogP contribution in [0.5, 0.6) is 5.75 Å². The van der Waals surface area contributed by atoms with E-state index >= 15 is 0 Å². The molecular weight excluding hydrogens is 424 g/mol. The predicted molar refractivity (Wildman–Crippen MR) is 139 cm³/mol. The lowest BCUT2D eigenvalue weighted by Crippen LogP contribution is -2.16. The van der Waals surface area contributed by atoms with Crippen molar-refractivity contribution in [2.75, 3.05) is 0 Å². The van der Waals surface area contributed by atoms with Gasteiger partial charge in [-0.3, -0.25) is 0 Å². The summed E-state index contributed by atoms with van der Waals surface area (Å²) in [4.78, 5) is 25.0. The standard InChI is InChI=1S/C30H42O4/c1-3-5-7-9-11-14-18-24-22-27(29(31)32)28(30(33)34-26-20-16-13-17-21-26)23-25(24)19-15-12-10-8-6-4-2/h13,16-17,20-23H,3-12,14-15,18-19H2,1-2H3,(H,31,32). The lowest BCUT2D eigenvalue weighted by atomic mass is 9.91. The van der Waals surface area contributed by atoms with Crippen molar-refractivity contribution in [3.8, 4) is 5.75 Å². The van der Waals surface area contributed by atoms with Crippen LogP contribution in [0.2, 0.25) is 0 Å². The van der Waals surface area contributed by atoms with Crippen molar-refractivity contribution >= 4 is 11.9 Å². The topological polar surface area (TPSA) is 63.6 Å². The van der Waals surface area contributed by atoms with E-state index in [0.717, 1.165) is 49.7 Å². The van der Waals surface area contributed by atoms with E-state index in [1.165, 1.54) is 51.4 Å². The Balaban J connectivity index is 2.19. The first kappa shape index (κ1) is 27.6. The van der Waals surface area contributed by atoms with Crippen LogP contribution in [-0.4, -0.2) is 17.0 Å².